The van der Waals surface area contributed by atoms with Crippen LogP contribution in [-0.2, 0) is 6.61 Å². The minimum absolute atomic E-state index is 0.424. The molecule has 0 amide bonds. The van der Waals surface area contributed by atoms with Crippen LogP contribution in [0.4, 0.5) is 5.82 Å². The molecule has 1 heterocycles. The highest BCUT2D eigenvalue weighted by molar-refractivity contribution is 5.88. The van der Waals surface area contributed by atoms with Gasteiger partial charge in [0.05, 0.1) is 0 Å². The van der Waals surface area contributed by atoms with Crippen molar-refractivity contribution in [2.24, 2.45) is 0 Å². The molecule has 2 N–H and O–H groups in total. The average Bonchev–Trinajstić information content (AvgIpc) is 2.46. The van der Waals surface area contributed by atoms with Crippen LogP contribution >= 0.6 is 0 Å². The van der Waals surface area contributed by atoms with Crippen LogP contribution in [0.5, 0.6) is 5.75 Å². The van der Waals surface area contributed by atoms with Gasteiger partial charge in [-0.15, -0.1) is 0 Å². The number of nitrogens with zero attached hydrogens (tertiary/aromatic N) is 1. The number of aromatic nitrogens is 1. The molecular formula is C16H14N2O. The van der Waals surface area contributed by atoms with Gasteiger partial charge in [-0.3, -0.25) is 0 Å². The highest BCUT2D eigenvalue weighted by Gasteiger charge is 2.03. The molecule has 0 saturated carbocycles. The summed E-state index contributed by atoms with van der Waals surface area (Å²) < 4.78 is 5.87. The number of hydrogen-bond donors (Lipinski definition) is 1. The van der Waals surface area contributed by atoms with Gasteiger partial charge in [0.15, 0.2) is 0 Å². The molecule has 2 aromatic carbocycles. The largest absolute Gasteiger partial charge is 0.488 e. The van der Waals surface area contributed by atoms with Crippen molar-refractivity contribution >= 4 is 16.6 Å². The minimum atomic E-state index is 0.424. The van der Waals surface area contributed by atoms with E-state index >= 15 is 0 Å². The van der Waals surface area contributed by atoms with Crippen molar-refractivity contribution in [2.45, 2.75) is 6.61 Å². The predicted octanol–water partition coefficient (Wildman–Crippen LogP) is 3.40. The molecule has 0 bridgehead atoms. The van der Waals surface area contributed by atoms with Crippen LogP contribution in [0.2, 0.25) is 0 Å². The van der Waals surface area contributed by atoms with Crippen LogP contribution in [0.3, 0.4) is 0 Å². The molecule has 0 unspecified atom stereocenters. The first kappa shape index (κ1) is 11.5. The van der Waals surface area contributed by atoms with E-state index in [0.717, 1.165) is 16.7 Å². The first-order valence-corrected chi connectivity index (χ1v) is 6.14. The molecule has 0 saturated heterocycles. The molecule has 0 spiro atoms. The summed E-state index contributed by atoms with van der Waals surface area (Å²) in [5.74, 6) is 1.38. The molecule has 0 aliphatic carbocycles. The Hall–Kier alpha value is -2.55. The number of nitrogen functional groups attached to an aromatic ring is 1. The van der Waals surface area contributed by atoms with Gasteiger partial charge in [-0.2, -0.15) is 0 Å². The number of ether oxygens (including phenoxy) is 1. The minimum Gasteiger partial charge on any atom is -0.488 e. The number of rotatable bonds is 3. The number of pyridine rings is 1. The van der Waals surface area contributed by atoms with E-state index < -0.39 is 0 Å². The van der Waals surface area contributed by atoms with Gasteiger partial charge in [0.25, 0.3) is 0 Å². The Morgan fingerprint density at radius 2 is 1.79 bits per heavy atom. The van der Waals surface area contributed by atoms with Crippen molar-refractivity contribution in [1.29, 1.82) is 0 Å². The predicted molar refractivity (Wildman–Crippen MR) is 76.9 cm³/mol. The first-order chi connectivity index (χ1) is 9.34. The number of anilines is 1. The Kier molecular flexibility index (Phi) is 3.02. The first-order valence-electron chi connectivity index (χ1n) is 6.14. The van der Waals surface area contributed by atoms with Crippen molar-refractivity contribution in [3.05, 3.63) is 66.4 Å². The summed E-state index contributed by atoms with van der Waals surface area (Å²) in [6.45, 7) is 0.424. The van der Waals surface area contributed by atoms with Gasteiger partial charge in [-0.1, -0.05) is 42.5 Å². The zero-order chi connectivity index (χ0) is 13.1. The number of nitrogens with two attached hydrogens (primary N) is 1. The summed E-state index contributed by atoms with van der Waals surface area (Å²) in [6.07, 6.45) is 1.68. The fraction of sp³-hybridized carbons (Fsp3) is 0.0625. The van der Waals surface area contributed by atoms with Gasteiger partial charge in [0.1, 0.15) is 18.2 Å². The Morgan fingerprint density at radius 1 is 0.947 bits per heavy atom. The lowest BCUT2D eigenvalue weighted by Gasteiger charge is -2.10. The summed E-state index contributed by atoms with van der Waals surface area (Å²) in [5.41, 5.74) is 6.70. The van der Waals surface area contributed by atoms with Gasteiger partial charge in [-0.05, 0) is 17.5 Å². The van der Waals surface area contributed by atoms with Gasteiger partial charge < -0.3 is 10.5 Å². The van der Waals surface area contributed by atoms with Crippen LogP contribution < -0.4 is 10.5 Å². The van der Waals surface area contributed by atoms with E-state index in [4.69, 9.17) is 10.5 Å². The monoisotopic (exact) mass is 250 g/mol. The second-order valence-corrected chi connectivity index (χ2v) is 4.31. The summed E-state index contributed by atoms with van der Waals surface area (Å²) in [4.78, 5) is 4.05. The highest BCUT2D eigenvalue weighted by atomic mass is 16.5. The maximum atomic E-state index is 5.87. The summed E-state index contributed by atoms with van der Waals surface area (Å²) in [6, 6.07) is 18.0. The van der Waals surface area contributed by atoms with E-state index in [0.29, 0.717) is 12.4 Å². The van der Waals surface area contributed by atoms with Gasteiger partial charge in [0, 0.05) is 17.1 Å². The Morgan fingerprint density at radius 3 is 2.68 bits per heavy atom. The van der Waals surface area contributed by atoms with E-state index in [-0.39, 0.29) is 0 Å². The third kappa shape index (κ3) is 2.36. The van der Waals surface area contributed by atoms with Crippen LogP contribution in [0.15, 0.2) is 60.8 Å². The Bertz CT molecular complexity index is 704. The molecule has 0 fully saturated rings. The van der Waals surface area contributed by atoms with Gasteiger partial charge in [0.2, 0.25) is 0 Å². The SMILES string of the molecule is Nc1ncccc1COc1cccc2ccccc12. The van der Waals surface area contributed by atoms with Crippen molar-refractivity contribution < 1.29 is 4.74 Å². The smallest absolute Gasteiger partial charge is 0.129 e. The molecule has 19 heavy (non-hydrogen) atoms. The Balaban J connectivity index is 1.88. The van der Waals surface area contributed by atoms with Gasteiger partial charge >= 0.3 is 0 Å². The summed E-state index contributed by atoms with van der Waals surface area (Å²) >= 11 is 0. The zero-order valence-corrected chi connectivity index (χ0v) is 10.4. The van der Waals surface area contributed by atoms with E-state index in [1.807, 2.05) is 36.4 Å². The topological polar surface area (TPSA) is 48.1 Å². The normalized spacial score (nSPS) is 10.5. The number of benzene rings is 2. The standard InChI is InChI=1S/C16H14N2O/c17-16-13(7-4-10-18-16)11-19-15-9-3-6-12-5-1-2-8-14(12)15/h1-10H,11H2,(H2,17,18). The van der Waals surface area contributed by atoms with Crippen molar-refractivity contribution in [3.8, 4) is 5.75 Å². The maximum Gasteiger partial charge on any atom is 0.129 e. The molecule has 0 aliphatic rings. The molecule has 3 heteroatoms. The average molecular weight is 250 g/mol. The van der Waals surface area contributed by atoms with Crippen molar-refractivity contribution in [1.82, 2.24) is 4.98 Å². The van der Waals surface area contributed by atoms with Crippen LogP contribution in [-0.4, -0.2) is 4.98 Å². The van der Waals surface area contributed by atoms with Gasteiger partial charge in [-0.25, -0.2) is 4.98 Å². The third-order valence-electron chi connectivity index (χ3n) is 3.06. The van der Waals surface area contributed by atoms with Crippen LogP contribution in [0.25, 0.3) is 10.8 Å². The van der Waals surface area contributed by atoms with E-state index in [9.17, 15) is 0 Å². The summed E-state index contributed by atoms with van der Waals surface area (Å²) in [7, 11) is 0. The molecule has 1 aromatic heterocycles. The molecule has 94 valence electrons. The van der Waals surface area contributed by atoms with E-state index in [2.05, 4.69) is 23.2 Å². The summed E-state index contributed by atoms with van der Waals surface area (Å²) in [5, 5.41) is 2.27. The third-order valence-corrected chi connectivity index (χ3v) is 3.06. The maximum absolute atomic E-state index is 5.87. The van der Waals surface area contributed by atoms with Crippen LogP contribution in [0.1, 0.15) is 5.56 Å². The van der Waals surface area contributed by atoms with Crippen molar-refractivity contribution in [2.75, 3.05) is 5.73 Å². The molecule has 0 aliphatic heterocycles. The molecule has 3 nitrogen and oxygen atoms in total. The molecule has 0 atom stereocenters. The number of fused-ring (bicyclic) bond motifs is 1. The highest BCUT2D eigenvalue weighted by Crippen LogP contribution is 2.26. The quantitative estimate of drug-likeness (QED) is 0.775. The van der Waals surface area contributed by atoms with E-state index in [1.165, 1.54) is 5.39 Å². The lowest BCUT2D eigenvalue weighted by molar-refractivity contribution is 0.310. The fourth-order valence-electron chi connectivity index (χ4n) is 2.05. The van der Waals surface area contributed by atoms with E-state index in [1.54, 1.807) is 6.20 Å². The second kappa shape index (κ2) is 4.98. The molecular weight excluding hydrogens is 236 g/mol. The zero-order valence-electron chi connectivity index (χ0n) is 10.4. The number of hydrogen-bond acceptors (Lipinski definition) is 3. The molecule has 3 aromatic rings. The second-order valence-electron chi connectivity index (χ2n) is 4.31. The lowest BCUT2D eigenvalue weighted by atomic mass is 10.1. The van der Waals surface area contributed by atoms with Crippen LogP contribution in [0, 0.1) is 0 Å². The van der Waals surface area contributed by atoms with Crippen molar-refractivity contribution in [3.63, 3.8) is 0 Å². The molecule has 3 rings (SSSR count). The Labute approximate surface area is 111 Å². The fourth-order valence-corrected chi connectivity index (χ4v) is 2.05. The molecule has 0 radical (unpaired) electrons. The lowest BCUT2D eigenvalue weighted by Crippen LogP contribution is -2.01.